The Morgan fingerprint density at radius 2 is 2.35 bits per heavy atom. The van der Waals surface area contributed by atoms with Crippen LogP contribution in [0.5, 0.6) is 0 Å². The lowest BCUT2D eigenvalue weighted by atomic mass is 10.0. The van der Waals surface area contributed by atoms with Crippen LogP contribution in [0.25, 0.3) is 0 Å². The van der Waals surface area contributed by atoms with Crippen LogP contribution in [0.1, 0.15) is 37.5 Å². The van der Waals surface area contributed by atoms with Gasteiger partial charge in [0, 0.05) is 37.1 Å². The fraction of sp³-hybridized carbons (Fsp3) is 0.600. The molecular weight excluding hydrogens is 300 g/mol. The van der Waals surface area contributed by atoms with E-state index in [9.17, 15) is 9.90 Å². The number of rotatable bonds is 4. The van der Waals surface area contributed by atoms with Gasteiger partial charge in [-0.25, -0.2) is 4.79 Å². The van der Waals surface area contributed by atoms with E-state index in [0.29, 0.717) is 18.5 Å². The van der Waals surface area contributed by atoms with Gasteiger partial charge in [0.1, 0.15) is 18.1 Å². The van der Waals surface area contributed by atoms with Crippen molar-refractivity contribution in [3.05, 3.63) is 22.2 Å². The molecule has 8 nitrogen and oxygen atoms in total. The zero-order chi connectivity index (χ0) is 17.0. The maximum Gasteiger partial charge on any atom is 0.351 e. The molecule has 6 N–H and O–H groups in total. The Labute approximate surface area is 134 Å². The van der Waals surface area contributed by atoms with Gasteiger partial charge in [0.05, 0.1) is 12.7 Å². The number of aliphatic hydroxyl groups excluding tert-OH is 2. The first-order valence-electron chi connectivity index (χ1n) is 7.49. The number of nitrogen functional groups attached to an aromatic ring is 1. The normalized spacial score (nSPS) is 25.0. The summed E-state index contributed by atoms with van der Waals surface area (Å²) >= 11 is 0. The Balaban J connectivity index is 2.30. The minimum Gasteiger partial charge on any atom is -0.394 e. The van der Waals surface area contributed by atoms with E-state index in [1.807, 2.05) is 6.92 Å². The minimum atomic E-state index is -0.834. The molecule has 1 aliphatic rings. The quantitative estimate of drug-likeness (QED) is 0.518. The van der Waals surface area contributed by atoms with Gasteiger partial charge in [-0.3, -0.25) is 4.57 Å². The summed E-state index contributed by atoms with van der Waals surface area (Å²) in [6, 6.07) is 0. The van der Waals surface area contributed by atoms with E-state index in [2.05, 4.69) is 16.8 Å². The Kier molecular flexibility index (Phi) is 5.74. The van der Waals surface area contributed by atoms with Crippen molar-refractivity contribution in [2.24, 2.45) is 5.73 Å². The Bertz CT molecular complexity index is 664. The van der Waals surface area contributed by atoms with Gasteiger partial charge in [0.15, 0.2) is 0 Å². The van der Waals surface area contributed by atoms with Crippen LogP contribution < -0.4 is 17.2 Å². The number of nitrogens with two attached hydrogens (primary N) is 2. The third-order valence-electron chi connectivity index (χ3n) is 3.76. The lowest BCUT2D eigenvalue weighted by molar-refractivity contribution is -0.0459. The molecule has 126 valence electrons. The highest BCUT2D eigenvalue weighted by molar-refractivity contribution is 5.42. The molecule has 0 bridgehead atoms. The average molecular weight is 322 g/mol. The van der Waals surface area contributed by atoms with E-state index in [-0.39, 0.29) is 24.8 Å². The van der Waals surface area contributed by atoms with Crippen molar-refractivity contribution in [1.82, 2.24) is 9.55 Å². The van der Waals surface area contributed by atoms with Crippen LogP contribution >= 0.6 is 0 Å². The van der Waals surface area contributed by atoms with Crippen LogP contribution in [-0.4, -0.2) is 45.1 Å². The van der Waals surface area contributed by atoms with Gasteiger partial charge >= 0.3 is 5.69 Å². The zero-order valence-electron chi connectivity index (χ0n) is 13.0. The average Bonchev–Trinajstić information content (AvgIpc) is 2.88. The predicted molar refractivity (Wildman–Crippen MR) is 84.4 cm³/mol. The first-order valence-corrected chi connectivity index (χ1v) is 7.49. The third-order valence-corrected chi connectivity index (χ3v) is 3.76. The summed E-state index contributed by atoms with van der Waals surface area (Å²) < 4.78 is 6.78. The smallest absolute Gasteiger partial charge is 0.351 e. The van der Waals surface area contributed by atoms with Crippen LogP contribution in [0.4, 0.5) is 5.82 Å². The fourth-order valence-corrected chi connectivity index (χ4v) is 2.46. The summed E-state index contributed by atoms with van der Waals surface area (Å²) in [6.45, 7) is 2.01. The van der Waals surface area contributed by atoms with Gasteiger partial charge in [0.25, 0.3) is 0 Å². The number of aromatic nitrogens is 2. The molecule has 23 heavy (non-hydrogen) atoms. The molecule has 1 unspecified atom stereocenters. The summed E-state index contributed by atoms with van der Waals surface area (Å²) in [4.78, 5) is 15.9. The maximum atomic E-state index is 12.1. The SMILES string of the molecule is CC(C#CCCN)c1cn([C@H]2C[C@H](O)[C@@H](CO)O2)c(=O)nc1N. The lowest BCUT2D eigenvalue weighted by Gasteiger charge is -2.17. The van der Waals surface area contributed by atoms with Gasteiger partial charge in [-0.1, -0.05) is 5.92 Å². The van der Waals surface area contributed by atoms with E-state index >= 15 is 0 Å². The van der Waals surface area contributed by atoms with Crippen LogP contribution in [-0.2, 0) is 4.74 Å². The van der Waals surface area contributed by atoms with Crippen molar-refractivity contribution in [3.8, 4) is 11.8 Å². The fourth-order valence-electron chi connectivity index (χ4n) is 2.46. The molecule has 1 aromatic rings. The predicted octanol–water partition coefficient (Wildman–Crippen LogP) is -1.08. The van der Waals surface area contributed by atoms with Crippen molar-refractivity contribution in [2.75, 3.05) is 18.9 Å². The first kappa shape index (κ1) is 17.4. The topological polar surface area (TPSA) is 137 Å². The van der Waals surface area contributed by atoms with Crippen molar-refractivity contribution in [2.45, 2.75) is 44.1 Å². The second kappa shape index (κ2) is 7.57. The molecule has 0 radical (unpaired) electrons. The number of anilines is 1. The molecule has 0 spiro atoms. The second-order valence-corrected chi connectivity index (χ2v) is 5.47. The molecule has 0 saturated carbocycles. The lowest BCUT2D eigenvalue weighted by Crippen LogP contribution is -2.29. The molecule has 2 heterocycles. The van der Waals surface area contributed by atoms with Crippen molar-refractivity contribution in [1.29, 1.82) is 0 Å². The maximum absolute atomic E-state index is 12.1. The number of ether oxygens (including phenoxy) is 1. The molecular formula is C15H22N4O4. The van der Waals surface area contributed by atoms with Gasteiger partial charge in [-0.15, -0.1) is 5.92 Å². The van der Waals surface area contributed by atoms with E-state index in [1.54, 1.807) is 6.20 Å². The van der Waals surface area contributed by atoms with E-state index in [1.165, 1.54) is 4.57 Å². The molecule has 1 fully saturated rings. The Hall–Kier alpha value is -1.92. The summed E-state index contributed by atoms with van der Waals surface area (Å²) in [7, 11) is 0. The van der Waals surface area contributed by atoms with Crippen molar-refractivity contribution < 1.29 is 14.9 Å². The van der Waals surface area contributed by atoms with Crippen molar-refractivity contribution >= 4 is 5.82 Å². The Morgan fingerprint density at radius 3 is 2.96 bits per heavy atom. The molecule has 1 saturated heterocycles. The van der Waals surface area contributed by atoms with Crippen LogP contribution in [0, 0.1) is 11.8 Å². The standard InChI is InChI=1S/C15H22N4O4/c1-9(4-2-3-5-16)10-7-19(15(22)18-14(10)17)13-6-11(21)12(8-20)23-13/h7,9,11-13,20-21H,3,5-6,8,16H2,1H3,(H2,17,18,22)/t9?,11-,12+,13+/m0/s1. The van der Waals surface area contributed by atoms with Crippen LogP contribution in [0.3, 0.4) is 0 Å². The molecule has 1 aliphatic heterocycles. The highest BCUT2D eigenvalue weighted by Gasteiger charge is 2.35. The summed E-state index contributed by atoms with van der Waals surface area (Å²) in [6.07, 6.45) is 0.0977. The number of hydrogen-bond donors (Lipinski definition) is 4. The number of hydrogen-bond acceptors (Lipinski definition) is 7. The highest BCUT2D eigenvalue weighted by atomic mass is 16.5. The zero-order valence-corrected chi connectivity index (χ0v) is 13.0. The molecule has 0 amide bonds. The van der Waals surface area contributed by atoms with Gasteiger partial charge in [-0.05, 0) is 6.92 Å². The molecule has 2 rings (SSSR count). The highest BCUT2D eigenvalue weighted by Crippen LogP contribution is 2.28. The molecule has 1 aromatic heterocycles. The van der Waals surface area contributed by atoms with Crippen molar-refractivity contribution in [3.63, 3.8) is 0 Å². The van der Waals surface area contributed by atoms with Gasteiger partial charge in [0.2, 0.25) is 0 Å². The monoisotopic (exact) mass is 322 g/mol. The largest absolute Gasteiger partial charge is 0.394 e. The van der Waals surface area contributed by atoms with E-state index in [0.717, 1.165) is 0 Å². The van der Waals surface area contributed by atoms with Crippen LogP contribution in [0.15, 0.2) is 11.0 Å². The number of nitrogens with zero attached hydrogens (tertiary/aromatic N) is 2. The molecule has 0 aliphatic carbocycles. The molecule has 8 heteroatoms. The van der Waals surface area contributed by atoms with E-state index < -0.39 is 24.1 Å². The van der Waals surface area contributed by atoms with E-state index in [4.69, 9.17) is 21.3 Å². The molecule has 0 aromatic carbocycles. The Morgan fingerprint density at radius 1 is 1.61 bits per heavy atom. The summed E-state index contributed by atoms with van der Waals surface area (Å²) in [5.41, 5.74) is 11.3. The third kappa shape index (κ3) is 3.89. The molecule has 4 atom stereocenters. The first-order chi connectivity index (χ1) is 11.0. The van der Waals surface area contributed by atoms with Crippen LogP contribution in [0.2, 0.25) is 0 Å². The van der Waals surface area contributed by atoms with Gasteiger partial charge in [-0.2, -0.15) is 4.98 Å². The minimum absolute atomic E-state index is 0.123. The second-order valence-electron chi connectivity index (χ2n) is 5.47. The summed E-state index contributed by atoms with van der Waals surface area (Å²) in [5, 5.41) is 18.9. The summed E-state index contributed by atoms with van der Waals surface area (Å²) in [5.74, 6) is 5.85. The van der Waals surface area contributed by atoms with Gasteiger partial charge < -0.3 is 26.4 Å². The number of aliphatic hydroxyl groups is 2.